The van der Waals surface area contributed by atoms with Gasteiger partial charge in [-0.05, 0) is 25.2 Å². The molecule has 2 rings (SSSR count). The van der Waals surface area contributed by atoms with Crippen LogP contribution in [0.1, 0.15) is 32.8 Å². The molecule has 0 aliphatic carbocycles. The van der Waals surface area contributed by atoms with Crippen LogP contribution >= 0.6 is 11.3 Å². The van der Waals surface area contributed by atoms with E-state index in [1.54, 1.807) is 6.92 Å². The summed E-state index contributed by atoms with van der Waals surface area (Å²) in [4.78, 5) is 28.5. The molecule has 160 valence electrons. The fourth-order valence-corrected chi connectivity index (χ4v) is 2.90. The molecule has 0 atom stereocenters. The lowest BCUT2D eigenvalue weighted by Crippen LogP contribution is -2.38. The Labute approximate surface area is 173 Å². The van der Waals surface area contributed by atoms with Crippen molar-refractivity contribution in [3.8, 4) is 0 Å². The number of anilines is 2. The minimum atomic E-state index is -1.31. The molecule has 0 aliphatic rings. The maximum atomic E-state index is 13.1. The zero-order chi connectivity index (χ0) is 22.3. The van der Waals surface area contributed by atoms with Crippen molar-refractivity contribution in [2.45, 2.75) is 13.0 Å². The first kappa shape index (κ1) is 22.9. The summed E-state index contributed by atoms with van der Waals surface area (Å²) >= 11 is 0.907. The van der Waals surface area contributed by atoms with Crippen molar-refractivity contribution in [3.05, 3.63) is 58.7 Å². The Morgan fingerprint density at radius 3 is 2.70 bits per heavy atom. The molecule has 0 saturated heterocycles. The lowest BCUT2D eigenvalue weighted by molar-refractivity contribution is 0.0910. The van der Waals surface area contributed by atoms with Crippen molar-refractivity contribution in [3.63, 3.8) is 0 Å². The lowest BCUT2D eigenvalue weighted by Gasteiger charge is -2.08. The predicted octanol–water partition coefficient (Wildman–Crippen LogP) is 3.34. The normalized spacial score (nSPS) is 12.2. The Bertz CT molecular complexity index is 995. The smallest absolute Gasteiger partial charge is 0.273 e. The van der Waals surface area contributed by atoms with Crippen LogP contribution in [0.15, 0.2) is 46.9 Å². The number of nitrogen functional groups attached to an aromatic ring is 1. The highest BCUT2D eigenvalue weighted by molar-refractivity contribution is 7.18. The summed E-state index contributed by atoms with van der Waals surface area (Å²) in [5, 5.41) is 8.63. The van der Waals surface area contributed by atoms with E-state index < -0.39 is 36.9 Å². The van der Waals surface area contributed by atoms with Crippen molar-refractivity contribution in [1.29, 1.82) is 0 Å². The molecule has 8 nitrogen and oxygen atoms in total. The second-order valence-electron chi connectivity index (χ2n) is 5.85. The van der Waals surface area contributed by atoms with E-state index >= 15 is 0 Å². The van der Waals surface area contributed by atoms with Crippen LogP contribution in [0.25, 0.3) is 0 Å². The van der Waals surface area contributed by atoms with Gasteiger partial charge < -0.3 is 20.9 Å². The number of nitrogens with zero attached hydrogens (tertiary/aromatic N) is 2. The first-order valence-corrected chi connectivity index (χ1v) is 9.24. The number of thiazole rings is 1. The van der Waals surface area contributed by atoms with Gasteiger partial charge >= 0.3 is 0 Å². The number of carbonyl (C=O) groups excluding carboxylic acids is 2. The number of allylic oxidation sites excluding steroid dienone is 5. The minimum absolute atomic E-state index is 0.0200. The highest BCUT2D eigenvalue weighted by Gasteiger charge is 2.24. The molecular formula is C18H18F3N5O3S. The molecule has 12 heteroatoms. The Morgan fingerprint density at radius 2 is 2.07 bits per heavy atom. The van der Waals surface area contributed by atoms with Gasteiger partial charge in [-0.3, -0.25) is 9.59 Å². The number of alkyl halides is 2. The number of ketones is 1. The van der Waals surface area contributed by atoms with E-state index in [4.69, 9.17) is 10.3 Å². The average Bonchev–Trinajstić information content (AvgIpc) is 3.36. The summed E-state index contributed by atoms with van der Waals surface area (Å²) in [6.45, 7) is 2.75. The van der Waals surface area contributed by atoms with Crippen molar-refractivity contribution in [2.75, 3.05) is 24.4 Å². The number of nitrogens with two attached hydrogens (primary N) is 1. The summed E-state index contributed by atoms with van der Waals surface area (Å²) in [5.74, 6) is -2.50. The van der Waals surface area contributed by atoms with E-state index in [1.807, 2.05) is 0 Å². The molecule has 0 spiro atoms. The topological polar surface area (TPSA) is 123 Å². The van der Waals surface area contributed by atoms with Crippen LogP contribution in [0.3, 0.4) is 0 Å². The molecule has 0 unspecified atom stereocenters. The maximum Gasteiger partial charge on any atom is 0.273 e. The quantitative estimate of drug-likeness (QED) is 0.382. The van der Waals surface area contributed by atoms with Crippen LogP contribution in [0.4, 0.5) is 24.1 Å². The summed E-state index contributed by atoms with van der Waals surface area (Å²) in [6.07, 6.45) is 3.68. The van der Waals surface area contributed by atoms with Crippen LogP contribution in [0.5, 0.6) is 0 Å². The van der Waals surface area contributed by atoms with Gasteiger partial charge in [0, 0.05) is 11.8 Å². The zero-order valence-corrected chi connectivity index (χ0v) is 16.6. The number of carbonyl (C=O) groups is 2. The van der Waals surface area contributed by atoms with Gasteiger partial charge in [-0.25, -0.2) is 18.2 Å². The first-order chi connectivity index (χ1) is 14.3. The second-order valence-corrected chi connectivity index (χ2v) is 6.85. The summed E-state index contributed by atoms with van der Waals surface area (Å²) in [6, 6.07) is -0.281. The van der Waals surface area contributed by atoms with Crippen LogP contribution in [0.2, 0.25) is 0 Å². The number of nitrogens with one attached hydrogen (secondary N) is 2. The largest absolute Gasteiger partial charge is 0.382 e. The molecule has 4 N–H and O–H groups in total. The van der Waals surface area contributed by atoms with Gasteiger partial charge in [0.15, 0.2) is 10.8 Å². The average molecular weight is 441 g/mol. The molecule has 30 heavy (non-hydrogen) atoms. The first-order valence-electron chi connectivity index (χ1n) is 8.43. The van der Waals surface area contributed by atoms with Gasteiger partial charge in [0.05, 0.1) is 6.04 Å². The Hall–Kier alpha value is -3.41. The van der Waals surface area contributed by atoms with E-state index in [-0.39, 0.29) is 27.3 Å². The van der Waals surface area contributed by atoms with Crippen LogP contribution in [-0.4, -0.2) is 41.2 Å². The van der Waals surface area contributed by atoms with E-state index in [0.717, 1.165) is 23.5 Å². The monoisotopic (exact) mass is 441 g/mol. The standard InChI is InChI=1S/C18H18F3N5O3S/c1-3-10(21)5-4-9(2)23-18-25-16(22)15(30-18)14(27)13-6-12(26-29-13)17(28)24-11(7-19)8-20/h3-6,11H,1,7-8,22H2,2H3,(H,23,25)(H,24,28)/b9-4+,10-5+. The number of hydrogen-bond acceptors (Lipinski definition) is 8. The highest BCUT2D eigenvalue weighted by atomic mass is 32.1. The number of aromatic nitrogens is 2. The van der Waals surface area contributed by atoms with E-state index in [2.05, 4.69) is 27.4 Å². The van der Waals surface area contributed by atoms with Gasteiger partial charge in [-0.2, -0.15) is 0 Å². The third-order valence-corrected chi connectivity index (χ3v) is 4.51. The molecule has 0 aromatic carbocycles. The molecule has 0 aliphatic heterocycles. The summed E-state index contributed by atoms with van der Waals surface area (Å²) in [7, 11) is 0. The van der Waals surface area contributed by atoms with Crippen molar-refractivity contribution in [1.82, 2.24) is 15.5 Å². The molecule has 0 fully saturated rings. The fraction of sp³-hybridized carbons (Fsp3) is 0.222. The zero-order valence-electron chi connectivity index (χ0n) is 15.7. The predicted molar refractivity (Wildman–Crippen MR) is 106 cm³/mol. The van der Waals surface area contributed by atoms with E-state index in [0.29, 0.717) is 5.70 Å². The molecule has 2 heterocycles. The van der Waals surface area contributed by atoms with Gasteiger partial charge in [0.25, 0.3) is 5.91 Å². The Balaban J connectivity index is 2.14. The molecule has 0 saturated carbocycles. The Morgan fingerprint density at radius 1 is 1.37 bits per heavy atom. The van der Waals surface area contributed by atoms with Crippen LogP contribution < -0.4 is 16.4 Å². The van der Waals surface area contributed by atoms with Crippen LogP contribution in [-0.2, 0) is 0 Å². The summed E-state index contributed by atoms with van der Waals surface area (Å²) in [5.41, 5.74) is 5.98. The second kappa shape index (κ2) is 10.4. The van der Waals surface area contributed by atoms with Gasteiger partial charge in [0.1, 0.15) is 29.9 Å². The molecule has 1 amide bonds. The Kier molecular flexibility index (Phi) is 7.92. The molecule has 0 bridgehead atoms. The van der Waals surface area contributed by atoms with E-state index in [1.165, 1.54) is 12.2 Å². The van der Waals surface area contributed by atoms with Crippen molar-refractivity contribution >= 4 is 34.0 Å². The van der Waals surface area contributed by atoms with Crippen molar-refractivity contribution in [2.24, 2.45) is 0 Å². The molecule has 2 aromatic heterocycles. The summed E-state index contributed by atoms with van der Waals surface area (Å²) < 4.78 is 43.0. The van der Waals surface area contributed by atoms with Gasteiger partial charge in [-0.15, -0.1) is 0 Å². The number of halogens is 3. The lowest BCUT2D eigenvalue weighted by atomic mass is 10.2. The van der Waals surface area contributed by atoms with Gasteiger partial charge in [-0.1, -0.05) is 23.1 Å². The fourth-order valence-electron chi connectivity index (χ4n) is 2.01. The van der Waals surface area contributed by atoms with Crippen LogP contribution in [0, 0.1) is 0 Å². The number of hydrogen-bond donors (Lipinski definition) is 3. The SMILES string of the molecule is C=C/C(F)=C\C=C(/C)Nc1nc(N)c(C(=O)c2cc(C(=O)NC(CF)CF)no2)s1. The third kappa shape index (κ3) is 5.80. The van der Waals surface area contributed by atoms with E-state index in [9.17, 15) is 22.8 Å². The third-order valence-electron chi connectivity index (χ3n) is 3.53. The minimum Gasteiger partial charge on any atom is -0.382 e. The molecule has 2 aromatic rings. The van der Waals surface area contributed by atoms with Crippen molar-refractivity contribution < 1.29 is 27.3 Å². The van der Waals surface area contributed by atoms with Gasteiger partial charge in [0.2, 0.25) is 11.5 Å². The maximum absolute atomic E-state index is 13.1. The number of rotatable bonds is 10. The number of amides is 1. The molecule has 0 radical (unpaired) electrons. The molecular weight excluding hydrogens is 423 g/mol. The highest BCUT2D eigenvalue weighted by Crippen LogP contribution is 2.28.